The first-order valence-electron chi connectivity index (χ1n) is 21.2. The molecule has 0 N–H and O–H groups in total. The minimum atomic E-state index is -0.0482. The van der Waals surface area contributed by atoms with Gasteiger partial charge in [0.1, 0.15) is 24.0 Å². The number of hydrogen-bond acceptors (Lipinski definition) is 4. The van der Waals surface area contributed by atoms with Gasteiger partial charge in [0.15, 0.2) is 0 Å². The molecule has 0 aliphatic carbocycles. The van der Waals surface area contributed by atoms with Crippen molar-refractivity contribution in [3.8, 4) is 23.0 Å². The third kappa shape index (κ3) is 5.88. The van der Waals surface area contributed by atoms with Gasteiger partial charge in [-0.1, -0.05) is 111 Å². The Morgan fingerprint density at radius 3 is 1.89 bits per heavy atom. The van der Waals surface area contributed by atoms with Crippen molar-refractivity contribution >= 4 is 66.4 Å². The van der Waals surface area contributed by atoms with Gasteiger partial charge >= 0.3 is 0 Å². The molecule has 0 saturated heterocycles. The molecule has 0 amide bonds. The maximum Gasteiger partial charge on any atom is 0.139 e. The van der Waals surface area contributed by atoms with Crippen LogP contribution in [0.2, 0.25) is 0 Å². The van der Waals surface area contributed by atoms with Crippen molar-refractivity contribution in [2.75, 3.05) is 16.5 Å². The van der Waals surface area contributed by atoms with Crippen LogP contribution in [0.5, 0.6) is 11.5 Å². The summed E-state index contributed by atoms with van der Waals surface area (Å²) in [4.78, 5) is 9.88. The van der Waals surface area contributed by atoms with E-state index in [4.69, 9.17) is 9.72 Å². The predicted molar refractivity (Wildman–Crippen MR) is 254 cm³/mol. The Hall–Kier alpha value is -7.31. The summed E-state index contributed by atoms with van der Waals surface area (Å²) in [6, 6.07) is 56.6. The molecule has 0 bridgehead atoms. The highest BCUT2D eigenvalue weighted by Crippen LogP contribution is 2.49. The molecule has 0 atom stereocenters. The number of aryl methyl sites for hydroxylation is 3. The summed E-state index contributed by atoms with van der Waals surface area (Å²) in [5, 5.41) is 4.52. The van der Waals surface area contributed by atoms with E-state index in [-0.39, 0.29) is 5.41 Å². The number of benzene rings is 7. The molecule has 0 unspecified atom stereocenters. The Morgan fingerprint density at radius 2 is 1.16 bits per heavy atom. The van der Waals surface area contributed by atoms with Gasteiger partial charge in [-0.2, -0.15) is 0 Å². The highest BCUT2D eigenvalue weighted by atomic mass is 16.5. The van der Waals surface area contributed by atoms with Crippen molar-refractivity contribution < 1.29 is 4.74 Å². The maximum atomic E-state index is 7.29. The van der Waals surface area contributed by atoms with E-state index < -0.39 is 0 Å². The third-order valence-electron chi connectivity index (χ3n) is 12.4. The molecule has 6 nitrogen and oxygen atoms in total. The Labute approximate surface area is 356 Å². The number of aromatic nitrogens is 3. The van der Waals surface area contributed by atoms with E-state index in [1.807, 2.05) is 6.20 Å². The van der Waals surface area contributed by atoms with Gasteiger partial charge in [0, 0.05) is 51.6 Å². The van der Waals surface area contributed by atoms with E-state index in [1.54, 1.807) is 0 Å². The van der Waals surface area contributed by atoms with Crippen LogP contribution in [-0.4, -0.2) is 20.8 Å². The van der Waals surface area contributed by atoms with Gasteiger partial charge in [-0.15, -0.1) is 0 Å². The van der Waals surface area contributed by atoms with Crippen LogP contribution in [0.25, 0.3) is 55.1 Å². The summed E-state index contributed by atoms with van der Waals surface area (Å²) in [7, 11) is 0. The lowest BCUT2D eigenvalue weighted by Gasteiger charge is -2.25. The number of para-hydroxylation sites is 5. The average molecular weight is 794 g/mol. The summed E-state index contributed by atoms with van der Waals surface area (Å²) >= 11 is 0. The third-order valence-corrected chi connectivity index (χ3v) is 12.4. The standard InChI is InChI=1S/C55H47N5O/c1-35-29-36(2)53(37(3)30-35)58-34-57(46-25-14-15-26-47(46)58)40-19-16-20-41(32-40)61-49-33-48-51(54-52(49)43-22-11-12-23-44(43)59(54)39-17-8-7-9-18-39)42-21-10-13-24-45(42)60(48)50-31-38(27-28-56-50)55(4,5)6/h7-33H,34H2,1-6H3. The van der Waals surface area contributed by atoms with E-state index in [9.17, 15) is 0 Å². The SMILES string of the molecule is Cc1cc(C)c(N2CN(c3cccc(Oc4cc5c(c6ccccc6n5-c5cc(C(C)(C)C)ccn5)c5c4c4ccccc4n5-c4ccccc4)c3)c3ccccc32)c(C)c1. The largest absolute Gasteiger partial charge is 0.456 e. The van der Waals surface area contributed by atoms with Crippen molar-refractivity contribution in [3.05, 3.63) is 186 Å². The molecule has 6 heteroatoms. The van der Waals surface area contributed by atoms with Crippen molar-refractivity contribution in [3.63, 3.8) is 0 Å². The second-order valence-electron chi connectivity index (χ2n) is 17.5. The molecular formula is C55H47N5O. The number of hydrogen-bond donors (Lipinski definition) is 0. The first kappa shape index (κ1) is 36.7. The minimum absolute atomic E-state index is 0.0482. The maximum absolute atomic E-state index is 7.29. The van der Waals surface area contributed by atoms with Crippen molar-refractivity contribution in [2.24, 2.45) is 0 Å². The van der Waals surface area contributed by atoms with Gasteiger partial charge in [-0.05, 0) is 104 Å². The van der Waals surface area contributed by atoms with Crippen molar-refractivity contribution in [1.82, 2.24) is 14.1 Å². The Kier molecular flexibility index (Phi) is 8.36. The van der Waals surface area contributed by atoms with Crippen molar-refractivity contribution in [1.29, 1.82) is 0 Å². The first-order chi connectivity index (χ1) is 29.6. The number of ether oxygens (including phenoxy) is 1. The molecule has 4 heterocycles. The fraction of sp³-hybridized carbons (Fsp3) is 0.145. The van der Waals surface area contributed by atoms with Gasteiger partial charge in [0.25, 0.3) is 0 Å². The number of rotatable bonds is 6. The van der Waals surface area contributed by atoms with E-state index in [2.05, 4.69) is 218 Å². The topological polar surface area (TPSA) is 38.5 Å². The molecule has 10 aromatic rings. The molecule has 1 aliphatic rings. The summed E-state index contributed by atoms with van der Waals surface area (Å²) in [5.41, 5.74) is 15.1. The number of anilines is 4. The zero-order valence-electron chi connectivity index (χ0n) is 35.4. The second-order valence-corrected chi connectivity index (χ2v) is 17.5. The van der Waals surface area contributed by atoms with E-state index in [1.165, 1.54) is 39.3 Å². The van der Waals surface area contributed by atoms with E-state index in [0.29, 0.717) is 6.67 Å². The Balaban J connectivity index is 1.14. The van der Waals surface area contributed by atoms with Crippen LogP contribution in [0.1, 0.15) is 43.0 Å². The summed E-state index contributed by atoms with van der Waals surface area (Å²) < 4.78 is 12.0. The van der Waals surface area contributed by atoms with Crippen molar-refractivity contribution in [2.45, 2.75) is 47.0 Å². The molecule has 0 fully saturated rings. The van der Waals surface area contributed by atoms with Gasteiger partial charge < -0.3 is 19.1 Å². The number of fused-ring (bicyclic) bond motifs is 8. The highest BCUT2D eigenvalue weighted by Gasteiger charge is 2.30. The number of nitrogens with zero attached hydrogens (tertiary/aromatic N) is 5. The van der Waals surface area contributed by atoms with Crippen LogP contribution < -0.4 is 14.5 Å². The number of pyridine rings is 1. The molecule has 298 valence electrons. The lowest BCUT2D eigenvalue weighted by Crippen LogP contribution is -2.25. The van der Waals surface area contributed by atoms with Gasteiger partial charge in [0.2, 0.25) is 0 Å². The zero-order chi connectivity index (χ0) is 41.6. The molecular weight excluding hydrogens is 747 g/mol. The van der Waals surface area contributed by atoms with Crippen LogP contribution in [0.4, 0.5) is 22.7 Å². The van der Waals surface area contributed by atoms with Crippen LogP contribution in [-0.2, 0) is 5.41 Å². The van der Waals surface area contributed by atoms with Gasteiger partial charge in [-0.25, -0.2) is 4.98 Å². The molecule has 0 saturated carbocycles. The van der Waals surface area contributed by atoms with Crippen LogP contribution >= 0.6 is 0 Å². The molecule has 3 aromatic heterocycles. The predicted octanol–water partition coefficient (Wildman–Crippen LogP) is 14.5. The first-order valence-corrected chi connectivity index (χ1v) is 21.2. The van der Waals surface area contributed by atoms with E-state index >= 15 is 0 Å². The second kappa shape index (κ2) is 13.9. The molecule has 0 radical (unpaired) electrons. The minimum Gasteiger partial charge on any atom is -0.456 e. The van der Waals surface area contributed by atoms with Crippen LogP contribution in [0.3, 0.4) is 0 Å². The lowest BCUT2D eigenvalue weighted by atomic mass is 9.88. The fourth-order valence-corrected chi connectivity index (χ4v) is 9.81. The lowest BCUT2D eigenvalue weighted by molar-refractivity contribution is 0.489. The Morgan fingerprint density at radius 1 is 0.541 bits per heavy atom. The average Bonchev–Trinajstić information content (AvgIpc) is 3.92. The summed E-state index contributed by atoms with van der Waals surface area (Å²) in [6.45, 7) is 14.1. The zero-order valence-corrected chi connectivity index (χ0v) is 35.4. The molecule has 0 spiro atoms. The van der Waals surface area contributed by atoms with Gasteiger partial charge in [-0.3, -0.25) is 4.57 Å². The molecule has 7 aromatic carbocycles. The quantitative estimate of drug-likeness (QED) is 0.168. The normalized spacial score (nSPS) is 13.0. The van der Waals surface area contributed by atoms with Gasteiger partial charge in [0.05, 0.1) is 38.8 Å². The van der Waals surface area contributed by atoms with Crippen LogP contribution in [0, 0.1) is 20.8 Å². The van der Waals surface area contributed by atoms with E-state index in [0.717, 1.165) is 72.3 Å². The highest BCUT2D eigenvalue weighted by molar-refractivity contribution is 6.28. The summed E-state index contributed by atoms with van der Waals surface area (Å²) in [6.07, 6.45) is 1.94. The molecule has 1 aliphatic heterocycles. The monoisotopic (exact) mass is 793 g/mol. The fourth-order valence-electron chi connectivity index (χ4n) is 9.81. The summed E-state index contributed by atoms with van der Waals surface area (Å²) in [5.74, 6) is 2.43. The van der Waals surface area contributed by atoms with Crippen LogP contribution in [0.15, 0.2) is 164 Å². The molecule has 61 heavy (non-hydrogen) atoms. The Bertz CT molecular complexity index is 3330. The molecule has 11 rings (SSSR count). The smallest absolute Gasteiger partial charge is 0.139 e.